The summed E-state index contributed by atoms with van der Waals surface area (Å²) in [6.07, 6.45) is -2.12. The summed E-state index contributed by atoms with van der Waals surface area (Å²) in [6, 6.07) is 11.4. The molecule has 0 aromatic heterocycles. The van der Waals surface area contributed by atoms with Crippen molar-refractivity contribution in [3.63, 3.8) is 0 Å². The average Bonchev–Trinajstić information content (AvgIpc) is 2.69. The van der Waals surface area contributed by atoms with Crippen molar-refractivity contribution >= 4 is 17.8 Å². The van der Waals surface area contributed by atoms with Gasteiger partial charge in [0.2, 0.25) is 0 Å². The van der Waals surface area contributed by atoms with Crippen LogP contribution in [0.15, 0.2) is 46.9 Å². The number of alkyl halides is 3. The summed E-state index contributed by atoms with van der Waals surface area (Å²) < 4.78 is 48.9. The first kappa shape index (κ1) is 19.2. The first-order valence-corrected chi connectivity index (χ1v) is 10.3. The largest absolute Gasteiger partial charge is 0.457 e. The van der Waals surface area contributed by atoms with Crippen molar-refractivity contribution in [3.8, 4) is 11.5 Å². The third-order valence-electron chi connectivity index (χ3n) is 5.18. The van der Waals surface area contributed by atoms with Gasteiger partial charge in [0.25, 0.3) is 0 Å². The van der Waals surface area contributed by atoms with E-state index in [1.807, 2.05) is 24.3 Å². The van der Waals surface area contributed by atoms with Gasteiger partial charge in [-0.25, -0.2) is 4.40 Å². The van der Waals surface area contributed by atoms with E-state index in [4.69, 9.17) is 4.74 Å². The van der Waals surface area contributed by atoms with Crippen LogP contribution in [0.4, 0.5) is 13.2 Å². The summed E-state index contributed by atoms with van der Waals surface area (Å²) in [5.41, 5.74) is 0.985. The SMILES string of the molecule is Cc1cc(C(F)(F)F)ccc1Oc1ccc(C2CCCN3CCSN=C23)cc1. The number of ether oxygens (including phenoxy) is 1. The normalized spacial score (nSPS) is 19.8. The van der Waals surface area contributed by atoms with Crippen LogP contribution in [-0.2, 0) is 6.18 Å². The highest BCUT2D eigenvalue weighted by molar-refractivity contribution is 7.98. The lowest BCUT2D eigenvalue weighted by molar-refractivity contribution is -0.137. The zero-order chi connectivity index (χ0) is 19.7. The minimum atomic E-state index is -4.35. The van der Waals surface area contributed by atoms with E-state index < -0.39 is 11.7 Å². The van der Waals surface area contributed by atoms with Gasteiger partial charge in [-0.3, -0.25) is 0 Å². The van der Waals surface area contributed by atoms with Crippen molar-refractivity contribution in [2.45, 2.75) is 31.9 Å². The molecule has 3 nitrogen and oxygen atoms in total. The molecular weight excluding hydrogens is 385 g/mol. The second-order valence-electron chi connectivity index (χ2n) is 7.11. The van der Waals surface area contributed by atoms with E-state index in [2.05, 4.69) is 9.30 Å². The number of hydrogen-bond acceptors (Lipinski definition) is 4. The van der Waals surface area contributed by atoms with Crippen molar-refractivity contribution < 1.29 is 17.9 Å². The van der Waals surface area contributed by atoms with Crippen LogP contribution in [0, 0.1) is 6.92 Å². The highest BCUT2D eigenvalue weighted by Gasteiger charge is 2.31. The van der Waals surface area contributed by atoms with Crippen molar-refractivity contribution in [2.24, 2.45) is 4.40 Å². The summed E-state index contributed by atoms with van der Waals surface area (Å²) in [5.74, 6) is 3.53. The third-order valence-corrected chi connectivity index (χ3v) is 5.86. The van der Waals surface area contributed by atoms with Gasteiger partial charge in [-0.2, -0.15) is 13.2 Å². The molecule has 1 atom stereocenters. The number of rotatable bonds is 3. The number of amidine groups is 1. The molecular formula is C21H21F3N2OS. The Balaban J connectivity index is 1.50. The number of halogens is 3. The van der Waals surface area contributed by atoms with Crippen molar-refractivity contribution in [1.82, 2.24) is 4.90 Å². The molecule has 2 aliphatic rings. The van der Waals surface area contributed by atoms with Gasteiger partial charge < -0.3 is 9.64 Å². The molecule has 0 aliphatic carbocycles. The molecule has 0 radical (unpaired) electrons. The van der Waals surface area contributed by atoms with Gasteiger partial charge in [0, 0.05) is 24.8 Å². The Morgan fingerprint density at radius 1 is 1.11 bits per heavy atom. The van der Waals surface area contributed by atoms with Crippen LogP contribution in [0.25, 0.3) is 0 Å². The summed E-state index contributed by atoms with van der Waals surface area (Å²) >= 11 is 1.63. The maximum atomic E-state index is 12.8. The Morgan fingerprint density at radius 3 is 2.61 bits per heavy atom. The van der Waals surface area contributed by atoms with Crippen LogP contribution < -0.4 is 4.74 Å². The lowest BCUT2D eigenvalue weighted by atomic mass is 9.89. The van der Waals surface area contributed by atoms with E-state index in [0.717, 1.165) is 49.7 Å². The van der Waals surface area contributed by atoms with E-state index in [1.54, 1.807) is 18.9 Å². The van der Waals surface area contributed by atoms with E-state index in [9.17, 15) is 13.2 Å². The standard InChI is InChI=1S/C21H21F3N2OS/c1-14-13-16(21(22,23)24)6-9-19(14)27-17-7-4-15(5-8-17)18-3-2-10-26-11-12-28-25-20(18)26/h4-9,13,18H,2-3,10-12H2,1H3. The first-order chi connectivity index (χ1) is 13.4. The average molecular weight is 406 g/mol. The van der Waals surface area contributed by atoms with Gasteiger partial charge in [-0.1, -0.05) is 12.1 Å². The molecule has 2 aliphatic heterocycles. The van der Waals surface area contributed by atoms with Gasteiger partial charge in [0.1, 0.15) is 17.3 Å². The first-order valence-electron chi connectivity index (χ1n) is 9.32. The zero-order valence-corrected chi connectivity index (χ0v) is 16.3. The number of hydrogen-bond donors (Lipinski definition) is 0. The highest BCUT2D eigenvalue weighted by atomic mass is 32.2. The molecule has 4 rings (SSSR count). The zero-order valence-electron chi connectivity index (χ0n) is 15.5. The summed E-state index contributed by atoms with van der Waals surface area (Å²) in [4.78, 5) is 2.38. The van der Waals surface area contributed by atoms with Gasteiger partial charge in [-0.15, -0.1) is 0 Å². The van der Waals surface area contributed by atoms with Gasteiger partial charge in [0.15, 0.2) is 0 Å². The quantitative estimate of drug-likeness (QED) is 0.581. The highest BCUT2D eigenvalue weighted by Crippen LogP contribution is 2.36. The Morgan fingerprint density at radius 2 is 1.89 bits per heavy atom. The smallest absolute Gasteiger partial charge is 0.416 e. The monoisotopic (exact) mass is 406 g/mol. The van der Waals surface area contributed by atoms with Crippen LogP contribution in [0.5, 0.6) is 11.5 Å². The maximum absolute atomic E-state index is 12.8. The topological polar surface area (TPSA) is 24.8 Å². The van der Waals surface area contributed by atoms with Gasteiger partial charge in [0.05, 0.1) is 5.56 Å². The minimum Gasteiger partial charge on any atom is -0.457 e. The molecule has 1 fully saturated rings. The summed E-state index contributed by atoms with van der Waals surface area (Å²) in [6.45, 7) is 3.74. The Kier molecular flexibility index (Phi) is 5.27. The molecule has 0 saturated carbocycles. The summed E-state index contributed by atoms with van der Waals surface area (Å²) in [5, 5.41) is 0. The van der Waals surface area contributed by atoms with Crippen LogP contribution in [0.1, 0.15) is 35.4 Å². The second-order valence-corrected chi connectivity index (χ2v) is 7.96. The van der Waals surface area contributed by atoms with Crippen molar-refractivity contribution in [1.29, 1.82) is 0 Å². The van der Waals surface area contributed by atoms with Crippen LogP contribution in [0.3, 0.4) is 0 Å². The Bertz CT molecular complexity index is 880. The Hall–Kier alpha value is -2.15. The number of nitrogens with zero attached hydrogens (tertiary/aromatic N) is 2. The van der Waals surface area contributed by atoms with Crippen LogP contribution in [0.2, 0.25) is 0 Å². The third kappa shape index (κ3) is 3.99. The number of fused-ring (bicyclic) bond motifs is 1. The van der Waals surface area contributed by atoms with Crippen LogP contribution >= 0.6 is 11.9 Å². The fraction of sp³-hybridized carbons (Fsp3) is 0.381. The van der Waals surface area contributed by atoms with E-state index in [-0.39, 0.29) is 0 Å². The molecule has 2 aromatic carbocycles. The molecule has 1 saturated heterocycles. The predicted octanol–water partition coefficient (Wildman–Crippen LogP) is 6.05. The van der Waals surface area contributed by atoms with Crippen molar-refractivity contribution in [3.05, 3.63) is 59.2 Å². The molecule has 7 heteroatoms. The molecule has 2 heterocycles. The Labute approximate surface area is 166 Å². The lowest BCUT2D eigenvalue weighted by Crippen LogP contribution is -2.42. The van der Waals surface area contributed by atoms with Crippen LogP contribution in [-0.4, -0.2) is 29.6 Å². The van der Waals surface area contributed by atoms with Gasteiger partial charge in [-0.05, 0) is 73.2 Å². The number of aryl methyl sites for hydroxylation is 1. The van der Waals surface area contributed by atoms with Gasteiger partial charge >= 0.3 is 6.18 Å². The molecule has 2 aromatic rings. The molecule has 0 N–H and O–H groups in total. The van der Waals surface area contributed by atoms with E-state index in [1.165, 1.54) is 11.6 Å². The fourth-order valence-corrected chi connectivity index (χ4v) is 4.48. The predicted molar refractivity (Wildman–Crippen MR) is 106 cm³/mol. The molecule has 0 amide bonds. The molecule has 28 heavy (non-hydrogen) atoms. The lowest BCUT2D eigenvalue weighted by Gasteiger charge is -2.37. The summed E-state index contributed by atoms with van der Waals surface area (Å²) in [7, 11) is 0. The molecule has 0 bridgehead atoms. The number of benzene rings is 2. The fourth-order valence-electron chi connectivity index (χ4n) is 3.71. The minimum absolute atomic E-state index is 0.295. The number of piperidine rings is 1. The van der Waals surface area contributed by atoms with Crippen molar-refractivity contribution in [2.75, 3.05) is 18.8 Å². The van der Waals surface area contributed by atoms with E-state index in [0.29, 0.717) is 23.0 Å². The molecule has 0 spiro atoms. The molecule has 148 valence electrons. The maximum Gasteiger partial charge on any atom is 0.416 e. The molecule has 1 unspecified atom stereocenters. The second kappa shape index (κ2) is 7.70. The van der Waals surface area contributed by atoms with E-state index >= 15 is 0 Å².